The van der Waals surface area contributed by atoms with Gasteiger partial charge in [0.25, 0.3) is 0 Å². The summed E-state index contributed by atoms with van der Waals surface area (Å²) in [5, 5.41) is 3.22. The summed E-state index contributed by atoms with van der Waals surface area (Å²) in [6.45, 7) is 1.30. The molecule has 0 aliphatic carbocycles. The molecule has 1 aliphatic rings. The number of amides is 1. The van der Waals surface area contributed by atoms with E-state index in [1.165, 1.54) is 29.6 Å². The SMILES string of the molecule is COc1ccc(S(=O)(=O)N2CCOCC2)cc1NC(=O)Cc1ccccc1Cl. The molecule has 2 aromatic rings. The molecule has 1 N–H and O–H groups in total. The first-order valence-corrected chi connectivity index (χ1v) is 10.5. The number of hydrogen-bond acceptors (Lipinski definition) is 5. The Morgan fingerprint density at radius 2 is 1.93 bits per heavy atom. The monoisotopic (exact) mass is 424 g/mol. The van der Waals surface area contributed by atoms with Crippen molar-refractivity contribution >= 4 is 33.2 Å². The molecule has 1 saturated heterocycles. The molecule has 0 spiro atoms. The Hall–Kier alpha value is -2.13. The molecular weight excluding hydrogens is 404 g/mol. The number of halogens is 1. The molecule has 150 valence electrons. The maximum atomic E-state index is 12.9. The molecule has 1 aliphatic heterocycles. The maximum absolute atomic E-state index is 12.9. The number of morpholine rings is 1. The van der Waals surface area contributed by atoms with Gasteiger partial charge in [0.15, 0.2) is 0 Å². The third-order valence-electron chi connectivity index (χ3n) is 4.36. The summed E-state index contributed by atoms with van der Waals surface area (Å²) in [5.74, 6) is 0.0424. The van der Waals surface area contributed by atoms with Crippen molar-refractivity contribution in [3.63, 3.8) is 0 Å². The number of carbonyl (C=O) groups is 1. The van der Waals surface area contributed by atoms with E-state index in [0.29, 0.717) is 42.6 Å². The fraction of sp³-hybridized carbons (Fsp3) is 0.316. The highest BCUT2D eigenvalue weighted by atomic mass is 35.5. The van der Waals surface area contributed by atoms with Crippen LogP contribution in [-0.4, -0.2) is 52.0 Å². The van der Waals surface area contributed by atoms with Crippen LogP contribution in [0.1, 0.15) is 5.56 Å². The smallest absolute Gasteiger partial charge is 0.243 e. The standard InChI is InChI=1S/C19H21ClN2O5S/c1-26-18-7-6-15(28(24,25)22-8-10-27-11-9-22)13-17(18)21-19(23)12-14-4-2-3-5-16(14)20/h2-7,13H,8-12H2,1H3,(H,21,23). The first-order valence-electron chi connectivity index (χ1n) is 8.71. The van der Waals surface area contributed by atoms with E-state index in [4.69, 9.17) is 21.1 Å². The van der Waals surface area contributed by atoms with Crippen LogP contribution in [-0.2, 0) is 26.0 Å². The number of methoxy groups -OCH3 is 1. The molecule has 0 saturated carbocycles. The molecule has 0 bridgehead atoms. The molecule has 1 heterocycles. The average Bonchev–Trinajstić information content (AvgIpc) is 2.70. The number of hydrogen-bond donors (Lipinski definition) is 1. The van der Waals surface area contributed by atoms with Crippen LogP contribution < -0.4 is 10.1 Å². The summed E-state index contributed by atoms with van der Waals surface area (Å²) in [4.78, 5) is 12.5. The van der Waals surface area contributed by atoms with Gasteiger partial charge in [-0.2, -0.15) is 4.31 Å². The molecule has 3 rings (SSSR count). The van der Waals surface area contributed by atoms with Gasteiger partial charge in [-0.1, -0.05) is 29.8 Å². The lowest BCUT2D eigenvalue weighted by atomic mass is 10.1. The van der Waals surface area contributed by atoms with Gasteiger partial charge in [-0.15, -0.1) is 0 Å². The summed E-state index contributed by atoms with van der Waals surface area (Å²) < 4.78 is 37.6. The van der Waals surface area contributed by atoms with Crippen molar-refractivity contribution in [2.75, 3.05) is 38.7 Å². The van der Waals surface area contributed by atoms with Crippen LogP contribution in [0.5, 0.6) is 5.75 Å². The number of rotatable bonds is 6. The van der Waals surface area contributed by atoms with Gasteiger partial charge in [-0.05, 0) is 29.8 Å². The lowest BCUT2D eigenvalue weighted by molar-refractivity contribution is -0.115. The van der Waals surface area contributed by atoms with Gasteiger partial charge in [0.2, 0.25) is 15.9 Å². The Labute approximate surface area is 169 Å². The number of sulfonamides is 1. The van der Waals surface area contributed by atoms with Gasteiger partial charge in [0.05, 0.1) is 37.3 Å². The average molecular weight is 425 g/mol. The van der Waals surface area contributed by atoms with E-state index in [1.54, 1.807) is 24.3 Å². The second-order valence-corrected chi connectivity index (χ2v) is 8.54. The van der Waals surface area contributed by atoms with Crippen LogP contribution in [0.4, 0.5) is 5.69 Å². The number of benzene rings is 2. The molecular formula is C19H21ClN2O5S. The second-order valence-electron chi connectivity index (χ2n) is 6.19. The van der Waals surface area contributed by atoms with Gasteiger partial charge < -0.3 is 14.8 Å². The summed E-state index contributed by atoms with van der Waals surface area (Å²) >= 11 is 6.10. The van der Waals surface area contributed by atoms with Gasteiger partial charge in [0.1, 0.15) is 5.75 Å². The molecule has 0 unspecified atom stereocenters. The van der Waals surface area contributed by atoms with Crippen molar-refractivity contribution in [2.24, 2.45) is 0 Å². The fourth-order valence-corrected chi connectivity index (χ4v) is 4.53. The highest BCUT2D eigenvalue weighted by molar-refractivity contribution is 7.89. The number of nitrogens with one attached hydrogen (secondary N) is 1. The summed E-state index contributed by atoms with van der Waals surface area (Å²) in [6, 6.07) is 11.5. The van der Waals surface area contributed by atoms with Crippen molar-refractivity contribution in [3.05, 3.63) is 53.1 Å². The molecule has 1 amide bonds. The third-order valence-corrected chi connectivity index (χ3v) is 6.63. The largest absolute Gasteiger partial charge is 0.495 e. The van der Waals surface area contributed by atoms with E-state index in [2.05, 4.69) is 5.32 Å². The zero-order valence-corrected chi connectivity index (χ0v) is 16.9. The zero-order chi connectivity index (χ0) is 20.1. The van der Waals surface area contributed by atoms with Gasteiger partial charge >= 0.3 is 0 Å². The highest BCUT2D eigenvalue weighted by Gasteiger charge is 2.27. The Kier molecular flexibility index (Phi) is 6.56. The van der Waals surface area contributed by atoms with Crippen LogP contribution in [0, 0.1) is 0 Å². The van der Waals surface area contributed by atoms with Gasteiger partial charge in [-0.25, -0.2) is 8.42 Å². The van der Waals surface area contributed by atoms with E-state index in [9.17, 15) is 13.2 Å². The van der Waals surface area contributed by atoms with Crippen LogP contribution in [0.15, 0.2) is 47.4 Å². The topological polar surface area (TPSA) is 84.9 Å². The lowest BCUT2D eigenvalue weighted by Gasteiger charge is -2.26. The Bertz CT molecular complexity index is 959. The number of ether oxygens (including phenoxy) is 2. The molecule has 1 fully saturated rings. The lowest BCUT2D eigenvalue weighted by Crippen LogP contribution is -2.40. The number of nitrogens with zero attached hydrogens (tertiary/aromatic N) is 1. The number of carbonyl (C=O) groups excluding carboxylic acids is 1. The summed E-state index contributed by atoms with van der Waals surface area (Å²) in [7, 11) is -2.23. The maximum Gasteiger partial charge on any atom is 0.243 e. The highest BCUT2D eigenvalue weighted by Crippen LogP contribution is 2.29. The van der Waals surface area contributed by atoms with E-state index in [1.807, 2.05) is 0 Å². The van der Waals surface area contributed by atoms with E-state index in [0.717, 1.165) is 0 Å². The van der Waals surface area contributed by atoms with E-state index in [-0.39, 0.29) is 22.9 Å². The third kappa shape index (κ3) is 4.64. The first-order chi connectivity index (χ1) is 13.4. The van der Waals surface area contributed by atoms with Crippen LogP contribution in [0.25, 0.3) is 0 Å². The first kappa shape index (κ1) is 20.6. The van der Waals surface area contributed by atoms with Crippen molar-refractivity contribution in [3.8, 4) is 5.75 Å². The zero-order valence-electron chi connectivity index (χ0n) is 15.4. The van der Waals surface area contributed by atoms with Crippen molar-refractivity contribution < 1.29 is 22.7 Å². The molecule has 0 aromatic heterocycles. The Morgan fingerprint density at radius 3 is 2.61 bits per heavy atom. The van der Waals surface area contributed by atoms with Crippen molar-refractivity contribution in [1.82, 2.24) is 4.31 Å². The van der Waals surface area contributed by atoms with E-state index >= 15 is 0 Å². The van der Waals surface area contributed by atoms with Gasteiger partial charge in [-0.3, -0.25) is 4.79 Å². The quantitative estimate of drug-likeness (QED) is 0.770. The molecule has 0 atom stereocenters. The fourth-order valence-electron chi connectivity index (χ4n) is 2.89. The van der Waals surface area contributed by atoms with Crippen LogP contribution >= 0.6 is 11.6 Å². The molecule has 2 aromatic carbocycles. The Morgan fingerprint density at radius 1 is 1.21 bits per heavy atom. The summed E-state index contributed by atoms with van der Waals surface area (Å²) in [5.41, 5.74) is 0.964. The minimum Gasteiger partial charge on any atom is -0.495 e. The van der Waals surface area contributed by atoms with Crippen molar-refractivity contribution in [2.45, 2.75) is 11.3 Å². The molecule has 28 heavy (non-hydrogen) atoms. The second kappa shape index (κ2) is 8.91. The van der Waals surface area contributed by atoms with Crippen LogP contribution in [0.3, 0.4) is 0 Å². The van der Waals surface area contributed by atoms with Gasteiger partial charge in [0, 0.05) is 18.1 Å². The minimum atomic E-state index is -3.69. The Balaban J connectivity index is 1.83. The van der Waals surface area contributed by atoms with E-state index < -0.39 is 10.0 Å². The predicted molar refractivity (Wildman–Crippen MR) is 106 cm³/mol. The van der Waals surface area contributed by atoms with Crippen molar-refractivity contribution in [1.29, 1.82) is 0 Å². The van der Waals surface area contributed by atoms with Crippen LogP contribution in [0.2, 0.25) is 5.02 Å². The molecule has 7 nitrogen and oxygen atoms in total. The normalized spacial score (nSPS) is 15.2. The predicted octanol–water partition coefficient (Wildman–Crippen LogP) is 2.55. The number of anilines is 1. The summed E-state index contributed by atoms with van der Waals surface area (Å²) in [6.07, 6.45) is 0.0588. The minimum absolute atomic E-state index is 0.0588. The molecule has 9 heteroatoms. The molecule has 0 radical (unpaired) electrons.